The second kappa shape index (κ2) is 10.1. The third-order valence-electron chi connectivity index (χ3n) is 7.65. The highest BCUT2D eigenvalue weighted by Gasteiger charge is 2.29. The van der Waals surface area contributed by atoms with Crippen molar-refractivity contribution in [2.45, 2.75) is 18.2 Å². The minimum absolute atomic E-state index is 0.00975. The molecule has 43 heavy (non-hydrogen) atoms. The highest BCUT2D eigenvalue weighted by molar-refractivity contribution is 7.90. The zero-order chi connectivity index (χ0) is 29.9. The molecule has 10 nitrogen and oxygen atoms in total. The number of amides is 1. The minimum Gasteiger partial charge on any atom is -0.353 e. The molecule has 0 saturated heterocycles. The molecule has 4 aromatic heterocycles. The molecule has 1 unspecified atom stereocenters. The monoisotopic (exact) mass is 595 g/mol. The molecule has 1 aliphatic rings. The number of hydrogen-bond acceptors (Lipinski definition) is 7. The van der Waals surface area contributed by atoms with E-state index in [1.807, 2.05) is 36.4 Å². The Morgan fingerprint density at radius 1 is 1.02 bits per heavy atom. The lowest BCUT2D eigenvalue weighted by atomic mass is 9.99. The summed E-state index contributed by atoms with van der Waals surface area (Å²) in [5, 5.41) is 10.6. The van der Waals surface area contributed by atoms with Crippen LogP contribution in [0.3, 0.4) is 0 Å². The fourth-order valence-corrected chi connectivity index (χ4v) is 5.87. The van der Waals surface area contributed by atoms with Crippen LogP contribution < -0.4 is 11.1 Å². The van der Waals surface area contributed by atoms with E-state index in [4.69, 9.17) is 5.73 Å². The first-order valence-electron chi connectivity index (χ1n) is 13.6. The molecule has 0 bridgehead atoms. The molecule has 4 heterocycles. The van der Waals surface area contributed by atoms with Gasteiger partial charge in [-0.1, -0.05) is 12.1 Å². The Morgan fingerprint density at radius 2 is 1.84 bits per heavy atom. The Labute approximate surface area is 245 Å². The van der Waals surface area contributed by atoms with Gasteiger partial charge < -0.3 is 16.0 Å². The van der Waals surface area contributed by atoms with Crippen molar-refractivity contribution in [3.63, 3.8) is 0 Å². The number of nitrogens with zero attached hydrogens (tertiary/aromatic N) is 3. The second-order valence-corrected chi connectivity index (χ2v) is 13.1. The zero-order valence-electron chi connectivity index (χ0n) is 22.9. The molecule has 1 atom stereocenters. The molecule has 216 valence electrons. The molecule has 7 rings (SSSR count). The highest BCUT2D eigenvalue weighted by atomic mass is 32.2. The van der Waals surface area contributed by atoms with Crippen LogP contribution in [-0.4, -0.2) is 45.7 Å². The first kappa shape index (κ1) is 26.9. The molecule has 5 N–H and O–H groups in total. The average Bonchev–Trinajstić information content (AvgIpc) is 3.62. The van der Waals surface area contributed by atoms with Gasteiger partial charge in [-0.05, 0) is 72.0 Å². The number of fused-ring (bicyclic) bond motifs is 2. The van der Waals surface area contributed by atoms with Gasteiger partial charge in [0, 0.05) is 52.0 Å². The van der Waals surface area contributed by atoms with E-state index < -0.39 is 21.0 Å². The lowest BCUT2D eigenvalue weighted by Crippen LogP contribution is -2.20. The summed E-state index contributed by atoms with van der Waals surface area (Å²) in [7, 11) is -3.63. The zero-order valence-corrected chi connectivity index (χ0v) is 23.7. The molecule has 12 heteroatoms. The molecule has 0 aliphatic heterocycles. The predicted octanol–water partition coefficient (Wildman–Crippen LogP) is 5.32. The Hall–Kier alpha value is -4.94. The maximum absolute atomic E-state index is 14.7. The molecule has 6 aromatic rings. The SMILES string of the molecule is CS(=O)(=O)C(N)c1cc(F)cc(-c2cccc3[nH]c(-c4[nH]nc5ncc(-c6cncc(NC(=O)C7CC7)c6)cc45)cc23)c1. The maximum atomic E-state index is 14.7. The fourth-order valence-electron chi connectivity index (χ4n) is 5.24. The molecule has 2 aromatic carbocycles. The Bertz CT molecular complexity index is 2170. The summed E-state index contributed by atoms with van der Waals surface area (Å²) >= 11 is 0. The summed E-state index contributed by atoms with van der Waals surface area (Å²) in [6, 6.07) is 15.5. The van der Waals surface area contributed by atoms with Gasteiger partial charge in [-0.3, -0.25) is 14.9 Å². The van der Waals surface area contributed by atoms with Crippen molar-refractivity contribution in [1.29, 1.82) is 0 Å². The largest absolute Gasteiger partial charge is 0.353 e. The van der Waals surface area contributed by atoms with Gasteiger partial charge in [0.15, 0.2) is 15.5 Å². The number of carbonyl (C=O) groups is 1. The summed E-state index contributed by atoms with van der Waals surface area (Å²) < 4.78 is 38.8. The summed E-state index contributed by atoms with van der Waals surface area (Å²) in [5.74, 6) is -0.487. The smallest absolute Gasteiger partial charge is 0.227 e. The number of hydrogen-bond donors (Lipinski definition) is 4. The lowest BCUT2D eigenvalue weighted by Gasteiger charge is -2.12. The number of pyridine rings is 2. The van der Waals surface area contributed by atoms with Crippen molar-refractivity contribution in [2.75, 3.05) is 11.6 Å². The van der Waals surface area contributed by atoms with Crippen molar-refractivity contribution in [1.82, 2.24) is 25.1 Å². The number of nitrogens with one attached hydrogen (secondary N) is 3. The van der Waals surface area contributed by atoms with Gasteiger partial charge in [0.1, 0.15) is 11.2 Å². The number of anilines is 1. The number of aromatic amines is 2. The number of sulfone groups is 1. The number of halogens is 1. The average molecular weight is 596 g/mol. The summed E-state index contributed by atoms with van der Waals surface area (Å²) in [6.45, 7) is 0. The second-order valence-electron chi connectivity index (χ2n) is 10.9. The van der Waals surface area contributed by atoms with Gasteiger partial charge in [0.05, 0.1) is 23.3 Å². The van der Waals surface area contributed by atoms with Crippen LogP contribution in [0.2, 0.25) is 0 Å². The number of aromatic nitrogens is 5. The van der Waals surface area contributed by atoms with Gasteiger partial charge in [-0.2, -0.15) is 5.10 Å². The van der Waals surface area contributed by atoms with E-state index in [2.05, 4.69) is 30.5 Å². The quantitative estimate of drug-likeness (QED) is 0.194. The number of rotatable bonds is 7. The van der Waals surface area contributed by atoms with Crippen LogP contribution in [0.5, 0.6) is 0 Å². The van der Waals surface area contributed by atoms with Crippen LogP contribution in [0.1, 0.15) is 23.8 Å². The number of H-pyrrole nitrogens is 2. The van der Waals surface area contributed by atoms with Gasteiger partial charge in [-0.15, -0.1) is 0 Å². The molecular weight excluding hydrogens is 569 g/mol. The van der Waals surface area contributed by atoms with Crippen LogP contribution in [0.4, 0.5) is 10.1 Å². The topological polar surface area (TPSA) is 160 Å². The fraction of sp³-hybridized carbons (Fsp3) is 0.161. The highest BCUT2D eigenvalue weighted by Crippen LogP contribution is 2.36. The van der Waals surface area contributed by atoms with Crippen molar-refractivity contribution in [3.8, 4) is 33.6 Å². The van der Waals surface area contributed by atoms with Gasteiger partial charge in [0.2, 0.25) is 5.91 Å². The standard InChI is InChI=1S/C31H26FN7O3S/c1-43(41,42)29(33)18-7-17(8-21(32)9-18)23-3-2-4-26-24(23)12-27(37-26)28-25-11-20(14-35-30(25)39-38-28)19-10-22(15-34-13-19)36-31(40)16-5-6-16/h2-4,7-16,29,37H,5-6,33H2,1H3,(H,36,40)(H,35,38,39). The molecule has 0 spiro atoms. The van der Waals surface area contributed by atoms with Crippen molar-refractivity contribution >= 4 is 43.4 Å². The van der Waals surface area contributed by atoms with Gasteiger partial charge >= 0.3 is 0 Å². The van der Waals surface area contributed by atoms with Crippen LogP contribution in [-0.2, 0) is 14.6 Å². The van der Waals surface area contributed by atoms with E-state index in [-0.39, 0.29) is 17.4 Å². The first-order chi connectivity index (χ1) is 20.6. The van der Waals surface area contributed by atoms with Gasteiger partial charge in [0.25, 0.3) is 0 Å². The Kier molecular flexibility index (Phi) is 6.33. The number of carbonyl (C=O) groups excluding carboxylic acids is 1. The van der Waals surface area contributed by atoms with Crippen LogP contribution in [0, 0.1) is 11.7 Å². The Morgan fingerprint density at radius 3 is 2.63 bits per heavy atom. The molecular formula is C31H26FN7O3S. The van der Waals surface area contributed by atoms with E-state index in [9.17, 15) is 17.6 Å². The van der Waals surface area contributed by atoms with Crippen molar-refractivity contribution in [2.24, 2.45) is 11.7 Å². The van der Waals surface area contributed by atoms with E-state index in [1.165, 1.54) is 6.07 Å². The van der Waals surface area contributed by atoms with Crippen LogP contribution in [0.25, 0.3) is 55.6 Å². The number of nitrogens with two attached hydrogens (primary N) is 1. The first-order valence-corrected chi connectivity index (χ1v) is 15.6. The molecule has 1 fully saturated rings. The molecule has 0 radical (unpaired) electrons. The lowest BCUT2D eigenvalue weighted by molar-refractivity contribution is -0.117. The van der Waals surface area contributed by atoms with E-state index in [1.54, 1.807) is 24.7 Å². The third-order valence-corrected chi connectivity index (χ3v) is 8.85. The molecule has 1 saturated carbocycles. The molecule has 1 amide bonds. The summed E-state index contributed by atoms with van der Waals surface area (Å²) in [5.41, 5.74) is 12.3. The van der Waals surface area contributed by atoms with E-state index in [0.717, 1.165) is 58.3 Å². The Balaban J connectivity index is 1.27. The molecule has 1 aliphatic carbocycles. The van der Waals surface area contributed by atoms with E-state index >= 15 is 0 Å². The summed E-state index contributed by atoms with van der Waals surface area (Å²) in [6.07, 6.45) is 7.90. The summed E-state index contributed by atoms with van der Waals surface area (Å²) in [4.78, 5) is 24.5. The van der Waals surface area contributed by atoms with Gasteiger partial charge in [-0.25, -0.2) is 17.8 Å². The van der Waals surface area contributed by atoms with Crippen molar-refractivity contribution in [3.05, 3.63) is 84.6 Å². The predicted molar refractivity (Wildman–Crippen MR) is 163 cm³/mol. The van der Waals surface area contributed by atoms with Crippen LogP contribution in [0.15, 0.2) is 73.2 Å². The third kappa shape index (κ3) is 5.15. The van der Waals surface area contributed by atoms with E-state index in [0.29, 0.717) is 28.2 Å². The van der Waals surface area contributed by atoms with Crippen molar-refractivity contribution < 1.29 is 17.6 Å². The number of benzene rings is 2. The minimum atomic E-state index is -3.63. The normalized spacial score (nSPS) is 14.3. The van der Waals surface area contributed by atoms with Crippen LogP contribution >= 0.6 is 0 Å². The maximum Gasteiger partial charge on any atom is 0.227 e.